The second-order valence-electron chi connectivity index (χ2n) is 5.97. The van der Waals surface area contributed by atoms with Gasteiger partial charge in [-0.05, 0) is 31.1 Å². The van der Waals surface area contributed by atoms with Crippen molar-refractivity contribution in [3.05, 3.63) is 0 Å². The van der Waals surface area contributed by atoms with E-state index in [-0.39, 0.29) is 6.10 Å². The zero-order valence-electron chi connectivity index (χ0n) is 12.0. The van der Waals surface area contributed by atoms with Gasteiger partial charge in [0.25, 0.3) is 0 Å². The lowest BCUT2D eigenvalue weighted by molar-refractivity contribution is 0.0966. The zero-order valence-corrected chi connectivity index (χ0v) is 12.0. The molecule has 1 rings (SSSR count). The van der Waals surface area contributed by atoms with E-state index in [1.165, 1.54) is 64.2 Å². The summed E-state index contributed by atoms with van der Waals surface area (Å²) in [5.74, 6) is 1.52. The van der Waals surface area contributed by atoms with Gasteiger partial charge in [0.05, 0.1) is 6.10 Å². The van der Waals surface area contributed by atoms with Gasteiger partial charge in [0.15, 0.2) is 0 Å². The second-order valence-corrected chi connectivity index (χ2v) is 5.97. The van der Waals surface area contributed by atoms with Crippen LogP contribution in [0.15, 0.2) is 0 Å². The van der Waals surface area contributed by atoms with Crippen LogP contribution in [0.3, 0.4) is 0 Å². The van der Waals surface area contributed by atoms with Crippen molar-refractivity contribution < 1.29 is 5.11 Å². The summed E-state index contributed by atoms with van der Waals surface area (Å²) in [4.78, 5) is 0. The van der Waals surface area contributed by atoms with Crippen LogP contribution >= 0.6 is 0 Å². The third-order valence-corrected chi connectivity index (χ3v) is 4.56. The van der Waals surface area contributed by atoms with Gasteiger partial charge >= 0.3 is 0 Å². The average Bonchev–Trinajstić information content (AvgIpc) is 2.82. The summed E-state index contributed by atoms with van der Waals surface area (Å²) >= 11 is 0. The SMILES string of the molecule is CCCCCCCCC(O)C1CCC(CC)C1. The highest BCUT2D eigenvalue weighted by Gasteiger charge is 2.28. The van der Waals surface area contributed by atoms with Crippen molar-refractivity contribution in [3.8, 4) is 0 Å². The molecule has 0 aromatic rings. The molecule has 3 unspecified atom stereocenters. The van der Waals surface area contributed by atoms with Crippen molar-refractivity contribution >= 4 is 0 Å². The van der Waals surface area contributed by atoms with E-state index in [1.807, 2.05) is 0 Å². The Morgan fingerprint density at radius 2 is 1.71 bits per heavy atom. The van der Waals surface area contributed by atoms with Crippen molar-refractivity contribution in [2.24, 2.45) is 11.8 Å². The molecule has 1 heteroatoms. The van der Waals surface area contributed by atoms with Crippen LogP contribution in [0.4, 0.5) is 0 Å². The summed E-state index contributed by atoms with van der Waals surface area (Å²) in [7, 11) is 0. The minimum Gasteiger partial charge on any atom is -0.393 e. The molecule has 0 bridgehead atoms. The molecular formula is C16H32O. The molecule has 102 valence electrons. The van der Waals surface area contributed by atoms with Crippen molar-refractivity contribution in [1.29, 1.82) is 0 Å². The topological polar surface area (TPSA) is 20.2 Å². The van der Waals surface area contributed by atoms with Gasteiger partial charge in [0.1, 0.15) is 0 Å². The second kappa shape index (κ2) is 8.97. The molecule has 0 spiro atoms. The maximum atomic E-state index is 10.2. The molecule has 1 fully saturated rings. The molecule has 1 saturated carbocycles. The first-order chi connectivity index (χ1) is 8.27. The van der Waals surface area contributed by atoms with Crippen molar-refractivity contribution in [2.75, 3.05) is 0 Å². The van der Waals surface area contributed by atoms with Crippen LogP contribution in [0.25, 0.3) is 0 Å². The van der Waals surface area contributed by atoms with Gasteiger partial charge in [0, 0.05) is 0 Å². The Balaban J connectivity index is 1.99. The van der Waals surface area contributed by atoms with Crippen LogP contribution in [0.2, 0.25) is 0 Å². The van der Waals surface area contributed by atoms with E-state index in [2.05, 4.69) is 13.8 Å². The lowest BCUT2D eigenvalue weighted by atomic mass is 9.94. The molecule has 0 aromatic carbocycles. The molecule has 0 aromatic heterocycles. The highest BCUT2D eigenvalue weighted by molar-refractivity contribution is 4.79. The largest absolute Gasteiger partial charge is 0.393 e. The predicted molar refractivity (Wildman–Crippen MR) is 75.1 cm³/mol. The van der Waals surface area contributed by atoms with Gasteiger partial charge in [-0.2, -0.15) is 0 Å². The minimum absolute atomic E-state index is 0.00211. The monoisotopic (exact) mass is 240 g/mol. The average molecular weight is 240 g/mol. The summed E-state index contributed by atoms with van der Waals surface area (Å²) < 4.78 is 0. The molecular weight excluding hydrogens is 208 g/mol. The predicted octanol–water partition coefficient (Wildman–Crippen LogP) is 4.92. The molecule has 0 heterocycles. The molecule has 1 nitrogen and oxygen atoms in total. The van der Waals surface area contributed by atoms with Crippen molar-refractivity contribution in [3.63, 3.8) is 0 Å². The van der Waals surface area contributed by atoms with E-state index < -0.39 is 0 Å². The van der Waals surface area contributed by atoms with E-state index in [1.54, 1.807) is 0 Å². The number of hydrogen-bond donors (Lipinski definition) is 1. The van der Waals surface area contributed by atoms with E-state index >= 15 is 0 Å². The Kier molecular flexibility index (Phi) is 7.92. The summed E-state index contributed by atoms with van der Waals surface area (Å²) in [6.45, 7) is 4.54. The third-order valence-electron chi connectivity index (χ3n) is 4.56. The summed E-state index contributed by atoms with van der Waals surface area (Å²) in [5, 5.41) is 10.2. The molecule has 1 aliphatic carbocycles. The lowest BCUT2D eigenvalue weighted by Crippen LogP contribution is -2.17. The van der Waals surface area contributed by atoms with Crippen LogP contribution < -0.4 is 0 Å². The number of aliphatic hydroxyl groups excluding tert-OH is 1. The van der Waals surface area contributed by atoms with E-state index in [9.17, 15) is 5.11 Å². The van der Waals surface area contributed by atoms with Gasteiger partial charge in [-0.1, -0.05) is 65.2 Å². The third kappa shape index (κ3) is 5.90. The molecule has 0 aliphatic heterocycles. The Morgan fingerprint density at radius 1 is 1.00 bits per heavy atom. The molecule has 1 N–H and O–H groups in total. The van der Waals surface area contributed by atoms with Gasteiger partial charge in [-0.3, -0.25) is 0 Å². The highest BCUT2D eigenvalue weighted by atomic mass is 16.3. The Bertz CT molecular complexity index is 178. The van der Waals surface area contributed by atoms with Crippen LogP contribution in [-0.2, 0) is 0 Å². The highest BCUT2D eigenvalue weighted by Crippen LogP contribution is 2.36. The first-order valence-corrected chi connectivity index (χ1v) is 7.96. The Morgan fingerprint density at radius 3 is 2.35 bits per heavy atom. The molecule has 0 saturated heterocycles. The molecule has 0 amide bonds. The fraction of sp³-hybridized carbons (Fsp3) is 1.00. The summed E-state index contributed by atoms with van der Waals surface area (Å²) in [5.41, 5.74) is 0. The van der Waals surface area contributed by atoms with Crippen LogP contribution in [0.5, 0.6) is 0 Å². The van der Waals surface area contributed by atoms with Crippen LogP contribution in [-0.4, -0.2) is 11.2 Å². The van der Waals surface area contributed by atoms with Crippen LogP contribution in [0, 0.1) is 11.8 Å². The standard InChI is InChI=1S/C16H32O/c1-3-5-6-7-8-9-10-16(17)15-12-11-14(4-2)13-15/h14-17H,3-13H2,1-2H3. The molecule has 3 atom stereocenters. The fourth-order valence-corrected chi connectivity index (χ4v) is 3.20. The quantitative estimate of drug-likeness (QED) is 0.567. The first-order valence-electron chi connectivity index (χ1n) is 7.96. The number of hydrogen-bond acceptors (Lipinski definition) is 1. The Labute approximate surface area is 108 Å². The molecule has 0 radical (unpaired) electrons. The summed E-state index contributed by atoms with van der Waals surface area (Å²) in [6, 6.07) is 0. The van der Waals surface area contributed by atoms with E-state index in [4.69, 9.17) is 0 Å². The lowest BCUT2D eigenvalue weighted by Gasteiger charge is -2.18. The van der Waals surface area contributed by atoms with Gasteiger partial charge in [-0.15, -0.1) is 0 Å². The van der Waals surface area contributed by atoms with Crippen molar-refractivity contribution in [1.82, 2.24) is 0 Å². The maximum absolute atomic E-state index is 10.2. The smallest absolute Gasteiger partial charge is 0.0568 e. The number of aliphatic hydroxyl groups is 1. The minimum atomic E-state index is -0.00211. The van der Waals surface area contributed by atoms with E-state index in [0.717, 1.165) is 12.3 Å². The molecule has 1 aliphatic rings. The number of rotatable bonds is 9. The van der Waals surface area contributed by atoms with Crippen molar-refractivity contribution in [2.45, 2.75) is 90.6 Å². The molecule has 17 heavy (non-hydrogen) atoms. The van der Waals surface area contributed by atoms with Gasteiger partial charge < -0.3 is 5.11 Å². The fourth-order valence-electron chi connectivity index (χ4n) is 3.20. The number of unbranched alkanes of at least 4 members (excludes halogenated alkanes) is 5. The van der Waals surface area contributed by atoms with E-state index in [0.29, 0.717) is 5.92 Å². The Hall–Kier alpha value is -0.0400. The summed E-state index contributed by atoms with van der Waals surface area (Å²) in [6.07, 6.45) is 14.3. The van der Waals surface area contributed by atoms with Crippen LogP contribution in [0.1, 0.15) is 84.5 Å². The van der Waals surface area contributed by atoms with Gasteiger partial charge in [-0.25, -0.2) is 0 Å². The zero-order chi connectivity index (χ0) is 12.5. The first kappa shape index (κ1) is 15.0. The maximum Gasteiger partial charge on any atom is 0.0568 e. The normalized spacial score (nSPS) is 26.3. The van der Waals surface area contributed by atoms with Gasteiger partial charge in [0.2, 0.25) is 0 Å².